The molecule has 0 saturated carbocycles. The van der Waals surface area contributed by atoms with Gasteiger partial charge < -0.3 is 19.2 Å². The monoisotopic (exact) mass is 355 g/mol. The molecule has 0 aliphatic carbocycles. The van der Waals surface area contributed by atoms with Gasteiger partial charge in [-0.15, -0.1) is 10.2 Å². The summed E-state index contributed by atoms with van der Waals surface area (Å²) < 4.78 is 16.8. The van der Waals surface area contributed by atoms with Crippen molar-refractivity contribution in [2.75, 3.05) is 33.5 Å². The van der Waals surface area contributed by atoms with Crippen LogP contribution in [0.1, 0.15) is 5.89 Å². The first-order valence-electron chi connectivity index (χ1n) is 6.66. The fourth-order valence-corrected chi connectivity index (χ4v) is 2.11. The molecule has 2 rings (SSSR count). The van der Waals surface area contributed by atoms with E-state index >= 15 is 0 Å². The third-order valence-electron chi connectivity index (χ3n) is 2.70. The average molecular weight is 356 g/mol. The standard InChI is InChI=1S/C14H18BrN3O3/c1-19-8-9-20-7-6-16-10-13-17-18-14(21-13)11-4-2-3-5-12(11)15/h2-5,16H,6-10H2,1H3. The number of halogens is 1. The van der Waals surface area contributed by atoms with Crippen molar-refractivity contribution in [1.29, 1.82) is 0 Å². The largest absolute Gasteiger partial charge is 0.419 e. The van der Waals surface area contributed by atoms with Crippen molar-refractivity contribution < 1.29 is 13.9 Å². The van der Waals surface area contributed by atoms with E-state index in [1.807, 2.05) is 24.3 Å². The molecule has 0 spiro atoms. The number of rotatable bonds is 9. The highest BCUT2D eigenvalue weighted by atomic mass is 79.9. The molecule has 114 valence electrons. The number of nitrogens with one attached hydrogen (secondary N) is 1. The number of hydrogen-bond donors (Lipinski definition) is 1. The van der Waals surface area contributed by atoms with Gasteiger partial charge in [0, 0.05) is 18.1 Å². The minimum Gasteiger partial charge on any atom is -0.419 e. The van der Waals surface area contributed by atoms with Gasteiger partial charge in [0.25, 0.3) is 0 Å². The molecule has 0 fully saturated rings. The molecule has 1 N–H and O–H groups in total. The second-order valence-corrected chi connectivity index (χ2v) is 5.12. The second-order valence-electron chi connectivity index (χ2n) is 4.26. The number of nitrogens with zero attached hydrogens (tertiary/aromatic N) is 2. The Hall–Kier alpha value is -1.28. The number of ether oxygens (including phenoxy) is 2. The molecule has 1 aromatic carbocycles. The van der Waals surface area contributed by atoms with Crippen molar-refractivity contribution in [3.63, 3.8) is 0 Å². The van der Waals surface area contributed by atoms with Crippen molar-refractivity contribution >= 4 is 15.9 Å². The van der Waals surface area contributed by atoms with Gasteiger partial charge >= 0.3 is 0 Å². The third kappa shape index (κ3) is 5.20. The van der Waals surface area contributed by atoms with E-state index in [4.69, 9.17) is 13.9 Å². The molecule has 0 aliphatic rings. The summed E-state index contributed by atoms with van der Waals surface area (Å²) >= 11 is 3.47. The van der Waals surface area contributed by atoms with Gasteiger partial charge in [0.1, 0.15) is 0 Å². The molecule has 1 heterocycles. The summed E-state index contributed by atoms with van der Waals surface area (Å²) in [5, 5.41) is 11.3. The van der Waals surface area contributed by atoms with Gasteiger partial charge in [0.05, 0.1) is 31.9 Å². The lowest BCUT2D eigenvalue weighted by Gasteiger charge is -2.03. The molecule has 2 aromatic rings. The van der Waals surface area contributed by atoms with Gasteiger partial charge in [-0.05, 0) is 28.1 Å². The molecule has 0 radical (unpaired) electrons. The quantitative estimate of drug-likeness (QED) is 0.695. The Labute approximate surface area is 132 Å². The van der Waals surface area contributed by atoms with Crippen LogP contribution in [0.15, 0.2) is 33.2 Å². The van der Waals surface area contributed by atoms with Crippen LogP contribution in [0.5, 0.6) is 0 Å². The Morgan fingerprint density at radius 1 is 1.19 bits per heavy atom. The summed E-state index contributed by atoms with van der Waals surface area (Å²) in [7, 11) is 1.65. The molecule has 1 aromatic heterocycles. The van der Waals surface area contributed by atoms with Crippen LogP contribution >= 0.6 is 15.9 Å². The van der Waals surface area contributed by atoms with Crippen LogP contribution < -0.4 is 5.32 Å². The highest BCUT2D eigenvalue weighted by Gasteiger charge is 2.10. The highest BCUT2D eigenvalue weighted by Crippen LogP contribution is 2.26. The SMILES string of the molecule is COCCOCCNCc1nnc(-c2ccccc2Br)o1. The van der Waals surface area contributed by atoms with Gasteiger partial charge in [-0.3, -0.25) is 0 Å². The van der Waals surface area contributed by atoms with Crippen molar-refractivity contribution in [2.45, 2.75) is 6.54 Å². The Morgan fingerprint density at radius 2 is 2.05 bits per heavy atom. The zero-order chi connectivity index (χ0) is 14.9. The van der Waals surface area contributed by atoms with E-state index in [0.29, 0.717) is 38.1 Å². The second kappa shape index (κ2) is 8.89. The number of methoxy groups -OCH3 is 1. The van der Waals surface area contributed by atoms with Crippen molar-refractivity contribution in [3.05, 3.63) is 34.6 Å². The normalized spacial score (nSPS) is 11.0. The first kappa shape index (κ1) is 16.1. The highest BCUT2D eigenvalue weighted by molar-refractivity contribution is 9.10. The molecule has 0 atom stereocenters. The zero-order valence-corrected chi connectivity index (χ0v) is 13.4. The van der Waals surface area contributed by atoms with Crippen LogP contribution in [0.3, 0.4) is 0 Å². The molecule has 0 aliphatic heterocycles. The van der Waals surface area contributed by atoms with Crippen LogP contribution in [0.2, 0.25) is 0 Å². The zero-order valence-electron chi connectivity index (χ0n) is 11.8. The van der Waals surface area contributed by atoms with E-state index < -0.39 is 0 Å². The molecular formula is C14H18BrN3O3. The number of aromatic nitrogens is 2. The van der Waals surface area contributed by atoms with E-state index in [2.05, 4.69) is 31.4 Å². The number of benzene rings is 1. The van der Waals surface area contributed by atoms with E-state index in [-0.39, 0.29) is 0 Å². The fraction of sp³-hybridized carbons (Fsp3) is 0.429. The molecule has 7 heteroatoms. The Kier molecular flexibility index (Phi) is 6.81. The van der Waals surface area contributed by atoms with Gasteiger partial charge in [-0.2, -0.15) is 0 Å². The lowest BCUT2D eigenvalue weighted by Crippen LogP contribution is -2.20. The van der Waals surface area contributed by atoms with Gasteiger partial charge in [-0.1, -0.05) is 12.1 Å². The summed E-state index contributed by atoms with van der Waals surface area (Å²) in [6, 6.07) is 7.74. The topological polar surface area (TPSA) is 69.4 Å². The van der Waals surface area contributed by atoms with Gasteiger partial charge in [-0.25, -0.2) is 0 Å². The van der Waals surface area contributed by atoms with E-state index in [1.54, 1.807) is 7.11 Å². The summed E-state index contributed by atoms with van der Waals surface area (Å²) in [6.45, 7) is 3.07. The van der Waals surface area contributed by atoms with E-state index in [1.165, 1.54) is 0 Å². The molecule has 0 amide bonds. The molecule has 0 unspecified atom stereocenters. The summed E-state index contributed by atoms with van der Waals surface area (Å²) in [5.41, 5.74) is 0.888. The first-order valence-corrected chi connectivity index (χ1v) is 7.45. The Morgan fingerprint density at radius 3 is 2.86 bits per heavy atom. The predicted octanol–water partition coefficient (Wildman–Crippen LogP) is 2.25. The van der Waals surface area contributed by atoms with Crippen molar-refractivity contribution in [2.24, 2.45) is 0 Å². The van der Waals surface area contributed by atoms with E-state index in [0.717, 1.165) is 16.6 Å². The molecule has 6 nitrogen and oxygen atoms in total. The van der Waals surface area contributed by atoms with Crippen LogP contribution in [0.25, 0.3) is 11.5 Å². The summed E-state index contributed by atoms with van der Waals surface area (Å²) in [4.78, 5) is 0. The smallest absolute Gasteiger partial charge is 0.248 e. The number of hydrogen-bond acceptors (Lipinski definition) is 6. The van der Waals surface area contributed by atoms with Crippen LogP contribution in [-0.4, -0.2) is 43.7 Å². The lowest BCUT2D eigenvalue weighted by atomic mass is 10.2. The summed E-state index contributed by atoms with van der Waals surface area (Å²) in [6.07, 6.45) is 0. The lowest BCUT2D eigenvalue weighted by molar-refractivity contribution is 0.0717. The predicted molar refractivity (Wildman–Crippen MR) is 81.8 cm³/mol. The van der Waals surface area contributed by atoms with Crippen LogP contribution in [-0.2, 0) is 16.0 Å². The Bertz CT molecular complexity index is 548. The van der Waals surface area contributed by atoms with Crippen molar-refractivity contribution in [3.8, 4) is 11.5 Å². The van der Waals surface area contributed by atoms with Crippen LogP contribution in [0, 0.1) is 0 Å². The molecule has 21 heavy (non-hydrogen) atoms. The van der Waals surface area contributed by atoms with Gasteiger partial charge in [0.2, 0.25) is 11.8 Å². The minimum absolute atomic E-state index is 0.510. The average Bonchev–Trinajstić information content (AvgIpc) is 2.95. The maximum Gasteiger partial charge on any atom is 0.248 e. The molecule has 0 saturated heterocycles. The maximum atomic E-state index is 5.62. The maximum absolute atomic E-state index is 5.62. The van der Waals surface area contributed by atoms with Crippen molar-refractivity contribution in [1.82, 2.24) is 15.5 Å². The summed E-state index contributed by atoms with van der Waals surface area (Å²) in [5.74, 6) is 1.06. The first-order chi connectivity index (χ1) is 10.3. The fourth-order valence-electron chi connectivity index (χ4n) is 1.65. The van der Waals surface area contributed by atoms with Crippen LogP contribution in [0.4, 0.5) is 0 Å². The Balaban J connectivity index is 1.75. The van der Waals surface area contributed by atoms with E-state index in [9.17, 15) is 0 Å². The molecule has 0 bridgehead atoms. The molecular weight excluding hydrogens is 338 g/mol. The third-order valence-corrected chi connectivity index (χ3v) is 3.39. The van der Waals surface area contributed by atoms with Gasteiger partial charge in [0.15, 0.2) is 0 Å². The minimum atomic E-state index is 0.510.